The Bertz CT molecular complexity index is 860. The maximum absolute atomic E-state index is 13.7. The quantitative estimate of drug-likeness (QED) is 0.464. The van der Waals surface area contributed by atoms with Crippen LogP contribution in [-0.4, -0.2) is 55.6 Å². The second-order valence-electron chi connectivity index (χ2n) is 6.38. The highest BCUT2D eigenvalue weighted by atomic mass is 19.2. The fourth-order valence-electron chi connectivity index (χ4n) is 2.79. The average Bonchev–Trinajstić information content (AvgIpc) is 2.61. The predicted molar refractivity (Wildman–Crippen MR) is 97.2 cm³/mol. The van der Waals surface area contributed by atoms with Crippen molar-refractivity contribution in [1.29, 1.82) is 0 Å². The smallest absolute Gasteiger partial charge is 0.337 e. The van der Waals surface area contributed by atoms with Crippen molar-refractivity contribution in [3.8, 4) is 0 Å². The lowest BCUT2D eigenvalue weighted by atomic mass is 10.0. The average molecular weight is 414 g/mol. The first-order valence-electron chi connectivity index (χ1n) is 8.73. The van der Waals surface area contributed by atoms with E-state index in [9.17, 15) is 27.6 Å². The van der Waals surface area contributed by atoms with Gasteiger partial charge in [-0.25, -0.2) is 22.8 Å². The number of nitrogens with zero attached hydrogens (tertiary/aromatic N) is 1. The molecule has 0 bridgehead atoms. The van der Waals surface area contributed by atoms with Gasteiger partial charge in [0.15, 0.2) is 17.5 Å². The molecule has 29 heavy (non-hydrogen) atoms. The van der Waals surface area contributed by atoms with Crippen molar-refractivity contribution in [2.24, 2.45) is 0 Å². The van der Waals surface area contributed by atoms with E-state index < -0.39 is 47.1 Å². The van der Waals surface area contributed by atoms with Crippen LogP contribution in [0.4, 0.5) is 23.7 Å². The topological polar surface area (TPSA) is 99.8 Å². The summed E-state index contributed by atoms with van der Waals surface area (Å²) in [6, 6.07) is 0.487. The highest BCUT2D eigenvalue weighted by Crippen LogP contribution is 2.20. The molecule has 1 aliphatic heterocycles. The lowest BCUT2D eigenvalue weighted by Crippen LogP contribution is -2.51. The molecule has 158 valence electrons. The van der Waals surface area contributed by atoms with Crippen LogP contribution in [0.15, 0.2) is 23.4 Å². The van der Waals surface area contributed by atoms with Crippen molar-refractivity contribution in [2.75, 3.05) is 32.1 Å². The molecule has 0 fully saturated rings. The molecular weight excluding hydrogens is 393 g/mol. The Hall–Kier alpha value is -3.08. The summed E-state index contributed by atoms with van der Waals surface area (Å²) in [7, 11) is 1.52. The Kier molecular flexibility index (Phi) is 7.21. The zero-order chi connectivity index (χ0) is 21.7. The van der Waals surface area contributed by atoms with Crippen molar-refractivity contribution in [1.82, 2.24) is 15.5 Å². The van der Waals surface area contributed by atoms with Gasteiger partial charge in [0.25, 0.3) is 0 Å². The van der Waals surface area contributed by atoms with Crippen molar-refractivity contribution < 1.29 is 32.3 Å². The van der Waals surface area contributed by atoms with Gasteiger partial charge in [-0.15, -0.1) is 0 Å². The predicted octanol–water partition coefficient (Wildman–Crippen LogP) is 1.49. The van der Waals surface area contributed by atoms with Crippen LogP contribution in [0.2, 0.25) is 0 Å². The molecule has 0 radical (unpaired) electrons. The standard InChI is InChI=1S/C18H21F3N4O4/c1-4-29-17(27)14-9(2)22-18(28)24-12(14)7-25(3)8-13(26)23-11-6-5-10(19)15(20)16(11)21/h5-6,9H,4,7-8H2,1-3H3,(H,23,26)(H2,22,24,28)/t9-/m1/s1. The Balaban J connectivity index is 2.09. The second-order valence-corrected chi connectivity index (χ2v) is 6.38. The van der Waals surface area contributed by atoms with Crippen LogP contribution in [0.5, 0.6) is 0 Å². The molecule has 0 saturated heterocycles. The van der Waals surface area contributed by atoms with Gasteiger partial charge in [-0.05, 0) is 33.0 Å². The summed E-state index contributed by atoms with van der Waals surface area (Å²) >= 11 is 0. The molecule has 2 rings (SSSR count). The number of hydrogen-bond acceptors (Lipinski definition) is 5. The van der Waals surface area contributed by atoms with Gasteiger partial charge in [0.05, 0.1) is 30.5 Å². The first kappa shape index (κ1) is 22.2. The van der Waals surface area contributed by atoms with E-state index in [4.69, 9.17) is 4.74 Å². The van der Waals surface area contributed by atoms with E-state index in [1.807, 2.05) is 0 Å². The number of carbonyl (C=O) groups is 3. The molecule has 1 aromatic carbocycles. The van der Waals surface area contributed by atoms with E-state index in [2.05, 4.69) is 16.0 Å². The van der Waals surface area contributed by atoms with Crippen LogP contribution in [0.3, 0.4) is 0 Å². The number of nitrogens with one attached hydrogen (secondary N) is 3. The second kappa shape index (κ2) is 9.41. The molecule has 0 unspecified atom stereocenters. The van der Waals surface area contributed by atoms with E-state index in [-0.39, 0.29) is 31.0 Å². The number of esters is 1. The van der Waals surface area contributed by atoms with Gasteiger partial charge in [-0.1, -0.05) is 0 Å². The minimum absolute atomic E-state index is 0.000408. The third-order valence-electron chi connectivity index (χ3n) is 4.02. The number of ether oxygens (including phenoxy) is 1. The summed E-state index contributed by atoms with van der Waals surface area (Å²) in [6.45, 7) is 3.12. The number of hydrogen-bond donors (Lipinski definition) is 3. The summed E-state index contributed by atoms with van der Waals surface area (Å²) in [5.41, 5.74) is -0.0307. The molecule has 8 nitrogen and oxygen atoms in total. The van der Waals surface area contributed by atoms with Crippen LogP contribution in [0.25, 0.3) is 0 Å². The minimum atomic E-state index is -1.69. The first-order valence-corrected chi connectivity index (χ1v) is 8.73. The lowest BCUT2D eigenvalue weighted by molar-refractivity contribution is -0.139. The van der Waals surface area contributed by atoms with Gasteiger partial charge in [0, 0.05) is 12.2 Å². The van der Waals surface area contributed by atoms with Crippen LogP contribution >= 0.6 is 0 Å². The molecule has 1 aliphatic rings. The first-order chi connectivity index (χ1) is 13.6. The fourth-order valence-corrected chi connectivity index (χ4v) is 2.79. The molecule has 11 heteroatoms. The maximum atomic E-state index is 13.7. The number of benzene rings is 1. The molecule has 1 heterocycles. The zero-order valence-electron chi connectivity index (χ0n) is 16.1. The number of urea groups is 1. The SMILES string of the molecule is CCOC(=O)C1=C(CN(C)CC(=O)Nc2ccc(F)c(F)c2F)NC(=O)N[C@@H]1C. The molecule has 0 saturated carbocycles. The van der Waals surface area contributed by atoms with Gasteiger partial charge < -0.3 is 20.7 Å². The normalized spacial score (nSPS) is 16.4. The Morgan fingerprint density at radius 1 is 1.24 bits per heavy atom. The molecule has 3 amide bonds. The van der Waals surface area contributed by atoms with Crippen LogP contribution in [0.1, 0.15) is 13.8 Å². The van der Waals surface area contributed by atoms with E-state index >= 15 is 0 Å². The van der Waals surface area contributed by atoms with Gasteiger partial charge in [-0.3, -0.25) is 9.69 Å². The summed E-state index contributed by atoms with van der Waals surface area (Å²) in [5.74, 6) is -5.88. The third kappa shape index (κ3) is 5.47. The highest BCUT2D eigenvalue weighted by molar-refractivity contribution is 5.95. The van der Waals surface area contributed by atoms with Gasteiger partial charge in [0.1, 0.15) is 0 Å². The van der Waals surface area contributed by atoms with Crippen LogP contribution < -0.4 is 16.0 Å². The van der Waals surface area contributed by atoms with E-state index in [1.165, 1.54) is 11.9 Å². The number of anilines is 1. The Labute approximate surface area is 165 Å². The van der Waals surface area contributed by atoms with Crippen molar-refractivity contribution in [2.45, 2.75) is 19.9 Å². The van der Waals surface area contributed by atoms with Gasteiger partial charge in [-0.2, -0.15) is 0 Å². The fraction of sp³-hybridized carbons (Fsp3) is 0.389. The molecule has 1 atom stereocenters. The third-order valence-corrected chi connectivity index (χ3v) is 4.02. The summed E-state index contributed by atoms with van der Waals surface area (Å²) < 4.78 is 44.9. The molecular formula is C18H21F3N4O4. The lowest BCUT2D eigenvalue weighted by Gasteiger charge is -2.28. The summed E-state index contributed by atoms with van der Waals surface area (Å²) in [5, 5.41) is 7.21. The van der Waals surface area contributed by atoms with Crippen molar-refractivity contribution >= 4 is 23.6 Å². The summed E-state index contributed by atoms with van der Waals surface area (Å²) in [6.07, 6.45) is 0. The van der Waals surface area contributed by atoms with E-state index in [0.717, 1.165) is 6.07 Å². The van der Waals surface area contributed by atoms with E-state index in [1.54, 1.807) is 13.8 Å². The highest BCUT2D eigenvalue weighted by Gasteiger charge is 2.30. The molecule has 3 N–H and O–H groups in total. The van der Waals surface area contributed by atoms with Gasteiger partial charge >= 0.3 is 12.0 Å². The Morgan fingerprint density at radius 3 is 2.59 bits per heavy atom. The monoisotopic (exact) mass is 414 g/mol. The zero-order valence-corrected chi connectivity index (χ0v) is 16.1. The Morgan fingerprint density at radius 2 is 1.93 bits per heavy atom. The van der Waals surface area contributed by atoms with E-state index in [0.29, 0.717) is 6.07 Å². The van der Waals surface area contributed by atoms with Crippen LogP contribution in [-0.2, 0) is 14.3 Å². The summed E-state index contributed by atoms with van der Waals surface area (Å²) in [4.78, 5) is 37.5. The number of carbonyl (C=O) groups excluding carboxylic acids is 3. The number of halogens is 3. The van der Waals surface area contributed by atoms with Crippen molar-refractivity contribution in [3.63, 3.8) is 0 Å². The molecule has 0 aromatic heterocycles. The largest absolute Gasteiger partial charge is 0.463 e. The maximum Gasteiger partial charge on any atom is 0.337 e. The number of amides is 3. The number of rotatable bonds is 7. The molecule has 0 spiro atoms. The van der Waals surface area contributed by atoms with Gasteiger partial charge in [0.2, 0.25) is 5.91 Å². The van der Waals surface area contributed by atoms with Crippen LogP contribution in [0, 0.1) is 17.5 Å². The molecule has 0 aliphatic carbocycles. The van der Waals surface area contributed by atoms with Crippen molar-refractivity contribution in [3.05, 3.63) is 40.9 Å². The minimum Gasteiger partial charge on any atom is -0.463 e. The molecule has 1 aromatic rings. The number of likely N-dealkylation sites (N-methyl/N-ethyl adjacent to an activating group) is 1.